The molecule has 0 fully saturated rings. The minimum atomic E-state index is -0.592. The van der Waals surface area contributed by atoms with Crippen molar-refractivity contribution < 1.29 is 13.9 Å². The Bertz CT molecular complexity index is 836. The third-order valence-corrected chi connectivity index (χ3v) is 4.70. The maximum Gasteiger partial charge on any atom is 0.339 e. The van der Waals surface area contributed by atoms with E-state index in [0.717, 1.165) is 16.6 Å². The number of carbonyl (C=O) groups excluding carboxylic acids is 1. The van der Waals surface area contributed by atoms with Gasteiger partial charge in [-0.1, -0.05) is 30.3 Å². The van der Waals surface area contributed by atoms with Gasteiger partial charge in [0.15, 0.2) is 0 Å². The van der Waals surface area contributed by atoms with Crippen LogP contribution in [0.5, 0.6) is 0 Å². The van der Waals surface area contributed by atoms with Gasteiger partial charge >= 0.3 is 5.97 Å². The molecule has 3 aromatic rings. The average molecular weight is 392 g/mol. The van der Waals surface area contributed by atoms with Gasteiger partial charge in [0.2, 0.25) is 0 Å². The van der Waals surface area contributed by atoms with E-state index < -0.39 is 11.8 Å². The largest absolute Gasteiger partial charge is 0.456 e. The summed E-state index contributed by atoms with van der Waals surface area (Å²) in [6.45, 7) is 0.0467. The molecule has 1 heterocycles. The topological polar surface area (TPSA) is 39.2 Å². The molecule has 0 N–H and O–H groups in total. The molecule has 0 unspecified atom stereocenters. The lowest BCUT2D eigenvalue weighted by atomic mass is 10.2. The number of halogens is 2. The Balaban J connectivity index is 1.68. The smallest absolute Gasteiger partial charge is 0.339 e. The standard InChI is InChI=1S/C17H11BrFNO2S/c18-15-7-6-12(19)8-14(15)17(21)22-9-13-10-23-16(20-13)11-4-2-1-3-5-11/h1-8,10H,9H2. The van der Waals surface area contributed by atoms with Crippen molar-refractivity contribution in [3.8, 4) is 10.6 Å². The molecule has 3 nitrogen and oxygen atoms in total. The van der Waals surface area contributed by atoms with E-state index in [0.29, 0.717) is 10.2 Å². The Hall–Kier alpha value is -2.05. The summed E-state index contributed by atoms with van der Waals surface area (Å²) in [4.78, 5) is 16.5. The number of benzene rings is 2. The van der Waals surface area contributed by atoms with Crippen LogP contribution in [0.4, 0.5) is 4.39 Å². The van der Waals surface area contributed by atoms with Crippen molar-refractivity contribution in [2.24, 2.45) is 0 Å². The molecule has 3 rings (SSSR count). The predicted molar refractivity (Wildman–Crippen MR) is 90.8 cm³/mol. The Labute approximate surface area is 144 Å². The second-order valence-electron chi connectivity index (χ2n) is 4.71. The summed E-state index contributed by atoms with van der Waals surface area (Å²) >= 11 is 4.69. The first kappa shape index (κ1) is 15.8. The minimum Gasteiger partial charge on any atom is -0.456 e. The van der Waals surface area contributed by atoms with Crippen molar-refractivity contribution in [1.82, 2.24) is 4.98 Å². The highest BCUT2D eigenvalue weighted by atomic mass is 79.9. The summed E-state index contributed by atoms with van der Waals surface area (Å²) in [6, 6.07) is 13.7. The van der Waals surface area contributed by atoms with Crippen molar-refractivity contribution in [3.05, 3.63) is 75.5 Å². The van der Waals surface area contributed by atoms with E-state index in [1.165, 1.54) is 23.5 Å². The quantitative estimate of drug-likeness (QED) is 0.582. The van der Waals surface area contributed by atoms with E-state index >= 15 is 0 Å². The van der Waals surface area contributed by atoms with Crippen molar-refractivity contribution in [1.29, 1.82) is 0 Å². The van der Waals surface area contributed by atoms with Gasteiger partial charge in [-0.05, 0) is 34.1 Å². The molecular formula is C17H11BrFNO2S. The molecule has 0 atom stereocenters. The average Bonchev–Trinajstić information content (AvgIpc) is 3.05. The zero-order valence-corrected chi connectivity index (χ0v) is 14.2. The number of ether oxygens (including phenoxy) is 1. The summed E-state index contributed by atoms with van der Waals surface area (Å²) in [7, 11) is 0. The molecule has 0 saturated heterocycles. The SMILES string of the molecule is O=C(OCc1csc(-c2ccccc2)n1)c1cc(F)ccc1Br. The van der Waals surface area contributed by atoms with Gasteiger partial charge in [-0.15, -0.1) is 11.3 Å². The Morgan fingerprint density at radius 2 is 2.00 bits per heavy atom. The van der Waals surface area contributed by atoms with Crippen LogP contribution in [0.25, 0.3) is 10.6 Å². The van der Waals surface area contributed by atoms with Gasteiger partial charge in [0, 0.05) is 15.4 Å². The molecule has 0 aliphatic heterocycles. The van der Waals surface area contributed by atoms with Crippen molar-refractivity contribution in [3.63, 3.8) is 0 Å². The third kappa shape index (κ3) is 3.83. The van der Waals surface area contributed by atoms with E-state index in [4.69, 9.17) is 4.74 Å². The molecule has 23 heavy (non-hydrogen) atoms. The second-order valence-corrected chi connectivity index (χ2v) is 6.42. The summed E-state index contributed by atoms with van der Waals surface area (Å²) in [5, 5.41) is 2.71. The molecule has 1 aromatic heterocycles. The van der Waals surface area contributed by atoms with E-state index in [1.807, 2.05) is 35.7 Å². The first-order valence-electron chi connectivity index (χ1n) is 6.75. The van der Waals surface area contributed by atoms with Gasteiger partial charge in [0.1, 0.15) is 17.4 Å². The van der Waals surface area contributed by atoms with Crippen molar-refractivity contribution >= 4 is 33.2 Å². The number of hydrogen-bond donors (Lipinski definition) is 0. The van der Waals surface area contributed by atoms with Crippen molar-refractivity contribution in [2.45, 2.75) is 6.61 Å². The van der Waals surface area contributed by atoms with E-state index in [1.54, 1.807) is 0 Å². The number of nitrogens with zero attached hydrogens (tertiary/aromatic N) is 1. The molecule has 0 amide bonds. The highest BCUT2D eigenvalue weighted by molar-refractivity contribution is 9.10. The maximum atomic E-state index is 13.2. The Morgan fingerprint density at radius 1 is 1.22 bits per heavy atom. The van der Waals surface area contributed by atoms with Gasteiger partial charge in [0.25, 0.3) is 0 Å². The molecule has 0 radical (unpaired) electrons. The van der Waals surface area contributed by atoms with Crippen LogP contribution in [0.15, 0.2) is 58.4 Å². The van der Waals surface area contributed by atoms with Gasteiger partial charge in [0.05, 0.1) is 11.3 Å². The first-order valence-corrected chi connectivity index (χ1v) is 8.43. The molecule has 2 aromatic carbocycles. The van der Waals surface area contributed by atoms with Crippen LogP contribution in [0.2, 0.25) is 0 Å². The van der Waals surface area contributed by atoms with Crippen LogP contribution in [0.1, 0.15) is 16.1 Å². The number of thiazole rings is 1. The lowest BCUT2D eigenvalue weighted by Crippen LogP contribution is -2.06. The summed E-state index contributed by atoms with van der Waals surface area (Å²) in [6.07, 6.45) is 0. The van der Waals surface area contributed by atoms with E-state index in [-0.39, 0.29) is 12.2 Å². The lowest BCUT2D eigenvalue weighted by molar-refractivity contribution is 0.0467. The van der Waals surface area contributed by atoms with Crippen LogP contribution in [-0.4, -0.2) is 11.0 Å². The number of rotatable bonds is 4. The molecule has 0 aliphatic carbocycles. The predicted octanol–water partition coefficient (Wildman–Crippen LogP) is 5.07. The first-order chi connectivity index (χ1) is 11.1. The Morgan fingerprint density at radius 3 is 2.78 bits per heavy atom. The van der Waals surface area contributed by atoms with E-state index in [2.05, 4.69) is 20.9 Å². The lowest BCUT2D eigenvalue weighted by Gasteiger charge is -2.05. The van der Waals surface area contributed by atoms with Gasteiger partial charge in [-0.2, -0.15) is 0 Å². The highest BCUT2D eigenvalue weighted by Crippen LogP contribution is 2.24. The molecular weight excluding hydrogens is 381 g/mol. The van der Waals surface area contributed by atoms with Gasteiger partial charge < -0.3 is 4.74 Å². The maximum absolute atomic E-state index is 13.2. The number of aromatic nitrogens is 1. The van der Waals surface area contributed by atoms with Crippen LogP contribution in [0, 0.1) is 5.82 Å². The molecule has 0 aliphatic rings. The van der Waals surface area contributed by atoms with Crippen molar-refractivity contribution in [2.75, 3.05) is 0 Å². The zero-order chi connectivity index (χ0) is 16.2. The van der Waals surface area contributed by atoms with Gasteiger partial charge in [-0.25, -0.2) is 14.2 Å². The summed E-state index contributed by atoms with van der Waals surface area (Å²) in [5.41, 5.74) is 1.83. The fourth-order valence-corrected chi connectivity index (χ4v) is 3.18. The molecule has 0 spiro atoms. The molecule has 0 saturated carbocycles. The number of carbonyl (C=O) groups is 1. The molecule has 0 bridgehead atoms. The van der Waals surface area contributed by atoms with Crippen LogP contribution in [-0.2, 0) is 11.3 Å². The monoisotopic (exact) mass is 391 g/mol. The molecule has 116 valence electrons. The number of hydrogen-bond acceptors (Lipinski definition) is 4. The minimum absolute atomic E-state index is 0.0467. The zero-order valence-electron chi connectivity index (χ0n) is 11.8. The molecule has 6 heteroatoms. The van der Waals surface area contributed by atoms with Gasteiger partial charge in [-0.3, -0.25) is 0 Å². The van der Waals surface area contributed by atoms with Crippen LogP contribution >= 0.6 is 27.3 Å². The second kappa shape index (κ2) is 7.02. The number of esters is 1. The summed E-state index contributed by atoms with van der Waals surface area (Å²) in [5.74, 6) is -1.08. The highest BCUT2D eigenvalue weighted by Gasteiger charge is 2.14. The van der Waals surface area contributed by atoms with Crippen LogP contribution in [0.3, 0.4) is 0 Å². The van der Waals surface area contributed by atoms with E-state index in [9.17, 15) is 9.18 Å². The normalized spacial score (nSPS) is 10.5. The third-order valence-electron chi connectivity index (χ3n) is 3.07. The van der Waals surface area contributed by atoms with Crippen LogP contribution < -0.4 is 0 Å². The fourth-order valence-electron chi connectivity index (χ4n) is 1.96. The summed E-state index contributed by atoms with van der Waals surface area (Å²) < 4.78 is 18.9. The fraction of sp³-hybridized carbons (Fsp3) is 0.0588. The Kier molecular flexibility index (Phi) is 4.83.